The molecule has 1 aliphatic heterocycles. The summed E-state index contributed by atoms with van der Waals surface area (Å²) in [5.74, 6) is -0.108. The van der Waals surface area contributed by atoms with Crippen LogP contribution in [-0.4, -0.2) is 43.3 Å². The van der Waals surface area contributed by atoms with Gasteiger partial charge in [0.2, 0.25) is 5.91 Å². The number of nitrogens with two attached hydrogens (primary N) is 1. The summed E-state index contributed by atoms with van der Waals surface area (Å²) in [4.78, 5) is 23.0. The Morgan fingerprint density at radius 2 is 2.18 bits per heavy atom. The van der Waals surface area contributed by atoms with E-state index in [1.807, 2.05) is 5.48 Å². The Kier molecular flexibility index (Phi) is 6.17. The highest BCUT2D eigenvalue weighted by Crippen LogP contribution is 2.27. The van der Waals surface area contributed by atoms with E-state index in [4.69, 9.17) is 10.9 Å². The zero-order valence-electron chi connectivity index (χ0n) is 9.95. The minimum absolute atomic E-state index is 0.0680. The maximum Gasteiger partial charge on any atom is 0.239 e. The van der Waals surface area contributed by atoms with Crippen LogP contribution in [0.2, 0.25) is 12.1 Å². The topological polar surface area (TPSA) is 104 Å². The van der Waals surface area contributed by atoms with Gasteiger partial charge in [0.05, 0.1) is 6.54 Å². The molecule has 7 heteroatoms. The first kappa shape index (κ1) is 14.1. The van der Waals surface area contributed by atoms with Gasteiger partial charge in [-0.1, -0.05) is 12.7 Å². The average molecular weight is 241 g/mol. The molecule has 0 aromatic heterocycles. The van der Waals surface area contributed by atoms with Crippen molar-refractivity contribution in [1.29, 1.82) is 0 Å². The first-order chi connectivity index (χ1) is 8.19. The molecule has 0 aromatic carbocycles. The maximum absolute atomic E-state index is 11.6. The third-order valence-electron chi connectivity index (χ3n) is 2.89. The molecule has 1 fully saturated rings. The van der Waals surface area contributed by atoms with E-state index < -0.39 is 6.04 Å². The van der Waals surface area contributed by atoms with Gasteiger partial charge in [-0.05, 0) is 25.2 Å². The fourth-order valence-electron chi connectivity index (χ4n) is 1.59. The summed E-state index contributed by atoms with van der Waals surface area (Å²) in [5.41, 5.74) is 7.31. The number of carbonyl (C=O) groups is 2. The van der Waals surface area contributed by atoms with Gasteiger partial charge in [0, 0.05) is 0 Å². The smallest absolute Gasteiger partial charge is 0.239 e. The first-order valence-corrected chi connectivity index (χ1v) is 6.09. The number of hydrogen-bond donors (Lipinski definition) is 4. The Bertz CT molecular complexity index is 272. The van der Waals surface area contributed by atoms with Crippen LogP contribution in [0.5, 0.6) is 0 Å². The van der Waals surface area contributed by atoms with Crippen LogP contribution >= 0.6 is 0 Å². The van der Waals surface area contributed by atoms with Crippen molar-refractivity contribution in [1.82, 2.24) is 10.8 Å². The summed E-state index contributed by atoms with van der Waals surface area (Å²) in [5, 5.41) is 11.4. The lowest BCUT2D eigenvalue weighted by molar-refractivity contribution is -0.128. The molecule has 1 amide bonds. The quantitative estimate of drug-likeness (QED) is 0.231. The van der Waals surface area contributed by atoms with Crippen LogP contribution in [0, 0.1) is 0 Å². The van der Waals surface area contributed by atoms with Gasteiger partial charge in [-0.2, -0.15) is 5.48 Å². The number of amides is 1. The van der Waals surface area contributed by atoms with Crippen LogP contribution in [0.1, 0.15) is 19.3 Å². The number of nitrogens with one attached hydrogen (secondary N) is 2. The van der Waals surface area contributed by atoms with Crippen LogP contribution in [0.4, 0.5) is 0 Å². The van der Waals surface area contributed by atoms with Gasteiger partial charge >= 0.3 is 0 Å². The van der Waals surface area contributed by atoms with Crippen LogP contribution < -0.4 is 16.5 Å². The third-order valence-corrected chi connectivity index (χ3v) is 2.89. The van der Waals surface area contributed by atoms with E-state index in [0.29, 0.717) is 13.0 Å². The molecule has 1 rings (SSSR count). The fraction of sp³-hybridized carbons (Fsp3) is 0.800. The van der Waals surface area contributed by atoms with Crippen molar-refractivity contribution in [3.8, 4) is 0 Å². The highest BCUT2D eigenvalue weighted by atomic mass is 16.5. The molecule has 17 heavy (non-hydrogen) atoms. The SMILES string of the molecule is NCCCCC(NO)C(=O)NCC(=O)C1BC1. The molecule has 1 heterocycles. The summed E-state index contributed by atoms with van der Waals surface area (Å²) in [6.07, 6.45) is 3.02. The van der Waals surface area contributed by atoms with Gasteiger partial charge in [0.15, 0.2) is 0 Å². The van der Waals surface area contributed by atoms with E-state index in [1.165, 1.54) is 0 Å². The molecular weight excluding hydrogens is 221 g/mol. The van der Waals surface area contributed by atoms with Crippen LogP contribution in [0.3, 0.4) is 0 Å². The number of carbonyl (C=O) groups excluding carboxylic acids is 2. The van der Waals surface area contributed by atoms with Gasteiger partial charge in [-0.15, -0.1) is 0 Å². The molecule has 2 atom stereocenters. The Labute approximate surface area is 102 Å². The van der Waals surface area contributed by atoms with Crippen molar-refractivity contribution in [3.05, 3.63) is 0 Å². The number of unbranched alkanes of at least 4 members (excludes halogenated alkanes) is 1. The van der Waals surface area contributed by atoms with E-state index in [9.17, 15) is 9.59 Å². The van der Waals surface area contributed by atoms with Crippen LogP contribution in [0.25, 0.3) is 0 Å². The molecule has 1 aliphatic rings. The maximum atomic E-state index is 11.6. The lowest BCUT2D eigenvalue weighted by Crippen LogP contribution is -2.44. The van der Waals surface area contributed by atoms with E-state index in [2.05, 4.69) is 5.32 Å². The number of rotatable bonds is 9. The minimum Gasteiger partial charge on any atom is -0.348 e. The number of ketones is 1. The molecule has 0 aliphatic carbocycles. The summed E-state index contributed by atoms with van der Waals surface area (Å²) in [6, 6.07) is -0.659. The molecule has 0 saturated carbocycles. The molecular formula is C10H20BN3O3. The van der Waals surface area contributed by atoms with E-state index in [0.717, 1.165) is 26.4 Å². The molecule has 0 aromatic rings. The summed E-state index contributed by atoms with van der Waals surface area (Å²) in [6.45, 7) is 0.637. The Balaban J connectivity index is 2.19. The number of hydrogen-bond acceptors (Lipinski definition) is 5. The van der Waals surface area contributed by atoms with Crippen molar-refractivity contribution in [3.63, 3.8) is 0 Å². The van der Waals surface area contributed by atoms with Gasteiger partial charge in [0.25, 0.3) is 0 Å². The Hall–Kier alpha value is -0.915. The zero-order chi connectivity index (χ0) is 12.7. The predicted octanol–water partition coefficient (Wildman–Crippen LogP) is -1.19. The van der Waals surface area contributed by atoms with Crippen molar-refractivity contribution in [2.24, 2.45) is 5.73 Å². The second-order valence-electron chi connectivity index (χ2n) is 4.42. The standard InChI is InChI=1S/C10H20BN3O3/c12-4-2-1-3-8(14-17)10(16)13-6-9(15)7-5-11-7/h7-8,11,14,17H,1-6,12H2,(H,13,16). The lowest BCUT2D eigenvalue weighted by atomic mass is 9.99. The third kappa shape index (κ3) is 5.30. The number of Topliss-reactive ketones (excluding diaryl/α,β-unsaturated/α-hetero) is 1. The highest BCUT2D eigenvalue weighted by molar-refractivity contribution is 6.58. The second-order valence-corrected chi connectivity index (χ2v) is 4.42. The molecule has 0 radical (unpaired) electrons. The summed E-state index contributed by atoms with van der Waals surface area (Å²) in [7, 11) is 0.937. The van der Waals surface area contributed by atoms with E-state index in [-0.39, 0.29) is 24.1 Å². The molecule has 0 spiro atoms. The van der Waals surface area contributed by atoms with Crippen molar-refractivity contribution < 1.29 is 14.8 Å². The van der Waals surface area contributed by atoms with Gasteiger partial charge < -0.3 is 16.3 Å². The van der Waals surface area contributed by atoms with Gasteiger partial charge in [-0.25, -0.2) is 0 Å². The van der Waals surface area contributed by atoms with Crippen LogP contribution in [0.15, 0.2) is 0 Å². The van der Waals surface area contributed by atoms with Gasteiger partial charge in [0.1, 0.15) is 19.1 Å². The molecule has 1 saturated heterocycles. The molecule has 96 valence electrons. The predicted molar refractivity (Wildman–Crippen MR) is 65.3 cm³/mol. The molecule has 0 bridgehead atoms. The minimum atomic E-state index is -0.659. The average Bonchev–Trinajstić information content (AvgIpc) is 3.15. The molecule has 5 N–H and O–H groups in total. The van der Waals surface area contributed by atoms with E-state index in [1.54, 1.807) is 0 Å². The molecule has 2 unspecified atom stereocenters. The monoisotopic (exact) mass is 241 g/mol. The van der Waals surface area contributed by atoms with Crippen molar-refractivity contribution >= 4 is 19.0 Å². The fourth-order valence-corrected chi connectivity index (χ4v) is 1.59. The summed E-state index contributed by atoms with van der Waals surface area (Å²) >= 11 is 0. The Morgan fingerprint density at radius 3 is 2.71 bits per heavy atom. The normalized spacial score (nSPS) is 19.3. The van der Waals surface area contributed by atoms with Crippen molar-refractivity contribution in [2.75, 3.05) is 13.1 Å². The van der Waals surface area contributed by atoms with E-state index >= 15 is 0 Å². The zero-order valence-corrected chi connectivity index (χ0v) is 9.95. The lowest BCUT2D eigenvalue weighted by Gasteiger charge is -2.14. The van der Waals surface area contributed by atoms with Gasteiger partial charge in [-0.3, -0.25) is 9.59 Å². The Morgan fingerprint density at radius 1 is 1.47 bits per heavy atom. The summed E-state index contributed by atoms with van der Waals surface area (Å²) < 4.78 is 0. The highest BCUT2D eigenvalue weighted by Gasteiger charge is 2.31. The number of hydroxylamine groups is 1. The second kappa shape index (κ2) is 7.42. The largest absolute Gasteiger partial charge is 0.348 e. The van der Waals surface area contributed by atoms with Crippen molar-refractivity contribution in [2.45, 2.75) is 37.4 Å². The molecule has 6 nitrogen and oxygen atoms in total. The van der Waals surface area contributed by atoms with Crippen LogP contribution in [-0.2, 0) is 9.59 Å². The first-order valence-electron chi connectivity index (χ1n) is 6.09.